The fraction of sp³-hybridized carbons (Fsp3) is 0.500. The van der Waals surface area contributed by atoms with Crippen molar-refractivity contribution in [2.75, 3.05) is 33.5 Å². The summed E-state index contributed by atoms with van der Waals surface area (Å²) in [6.07, 6.45) is 2.12. The first-order valence-corrected chi connectivity index (χ1v) is 5.20. The van der Waals surface area contributed by atoms with E-state index in [4.69, 9.17) is 10.5 Å². The van der Waals surface area contributed by atoms with Gasteiger partial charge in [0.1, 0.15) is 5.75 Å². The van der Waals surface area contributed by atoms with Crippen LogP contribution in [0, 0.1) is 0 Å². The molecule has 15 heavy (non-hydrogen) atoms. The van der Waals surface area contributed by atoms with Crippen molar-refractivity contribution in [1.82, 2.24) is 4.90 Å². The van der Waals surface area contributed by atoms with E-state index in [-0.39, 0.29) is 0 Å². The average molecular weight is 208 g/mol. The van der Waals surface area contributed by atoms with Gasteiger partial charge in [-0.3, -0.25) is 0 Å². The summed E-state index contributed by atoms with van der Waals surface area (Å²) < 4.78 is 5.29. The van der Waals surface area contributed by atoms with Crippen molar-refractivity contribution in [3.8, 4) is 5.75 Å². The molecule has 3 nitrogen and oxygen atoms in total. The summed E-state index contributed by atoms with van der Waals surface area (Å²) in [6, 6.07) is 5.79. The first kappa shape index (κ1) is 11.9. The van der Waals surface area contributed by atoms with E-state index < -0.39 is 0 Å². The number of anilines is 1. The minimum absolute atomic E-state index is 0.802. The lowest BCUT2D eigenvalue weighted by atomic mass is 10.1. The third-order valence-electron chi connectivity index (χ3n) is 2.36. The highest BCUT2D eigenvalue weighted by Crippen LogP contribution is 2.22. The van der Waals surface area contributed by atoms with Crippen molar-refractivity contribution in [3.05, 3.63) is 23.8 Å². The van der Waals surface area contributed by atoms with Crippen molar-refractivity contribution in [3.63, 3.8) is 0 Å². The molecule has 0 aliphatic carbocycles. The predicted molar refractivity (Wildman–Crippen MR) is 64.3 cm³/mol. The highest BCUT2D eigenvalue weighted by molar-refractivity contribution is 5.47. The van der Waals surface area contributed by atoms with Gasteiger partial charge in [0.15, 0.2) is 0 Å². The molecular formula is C12H20N2O. The number of nitrogens with two attached hydrogens (primary N) is 1. The van der Waals surface area contributed by atoms with Crippen molar-refractivity contribution in [2.24, 2.45) is 0 Å². The Morgan fingerprint density at radius 1 is 1.33 bits per heavy atom. The van der Waals surface area contributed by atoms with Crippen LogP contribution in [-0.4, -0.2) is 32.6 Å². The number of aryl methyl sites for hydroxylation is 1. The van der Waals surface area contributed by atoms with E-state index in [9.17, 15) is 0 Å². The number of nitrogens with zero attached hydrogens (tertiary/aromatic N) is 1. The summed E-state index contributed by atoms with van der Waals surface area (Å²) in [5, 5.41) is 0. The number of methoxy groups -OCH3 is 1. The molecule has 0 bridgehead atoms. The lowest BCUT2D eigenvalue weighted by Gasteiger charge is -2.11. The van der Waals surface area contributed by atoms with Crippen LogP contribution in [0.25, 0.3) is 0 Å². The van der Waals surface area contributed by atoms with Gasteiger partial charge in [0, 0.05) is 5.69 Å². The topological polar surface area (TPSA) is 38.5 Å². The Kier molecular flexibility index (Phi) is 4.43. The van der Waals surface area contributed by atoms with Crippen molar-refractivity contribution >= 4 is 5.69 Å². The zero-order valence-corrected chi connectivity index (χ0v) is 9.79. The molecule has 0 radical (unpaired) electrons. The second-order valence-electron chi connectivity index (χ2n) is 3.98. The van der Waals surface area contributed by atoms with Crippen molar-refractivity contribution in [2.45, 2.75) is 12.8 Å². The van der Waals surface area contributed by atoms with Crippen LogP contribution >= 0.6 is 0 Å². The van der Waals surface area contributed by atoms with E-state index in [1.807, 2.05) is 18.2 Å². The van der Waals surface area contributed by atoms with Crippen LogP contribution in [0.4, 0.5) is 5.69 Å². The Morgan fingerprint density at radius 2 is 2.07 bits per heavy atom. The number of nitrogen functional groups attached to an aromatic ring is 1. The number of hydrogen-bond acceptors (Lipinski definition) is 3. The maximum Gasteiger partial charge on any atom is 0.122 e. The van der Waals surface area contributed by atoms with Gasteiger partial charge in [-0.15, -0.1) is 0 Å². The molecule has 2 N–H and O–H groups in total. The van der Waals surface area contributed by atoms with Gasteiger partial charge in [-0.1, -0.05) is 0 Å². The molecule has 84 valence electrons. The van der Waals surface area contributed by atoms with Crippen molar-refractivity contribution < 1.29 is 4.74 Å². The molecule has 3 heteroatoms. The van der Waals surface area contributed by atoms with E-state index in [1.165, 1.54) is 5.56 Å². The molecule has 0 heterocycles. The van der Waals surface area contributed by atoms with Gasteiger partial charge in [0.2, 0.25) is 0 Å². The largest absolute Gasteiger partial charge is 0.496 e. The van der Waals surface area contributed by atoms with Crippen molar-refractivity contribution in [1.29, 1.82) is 0 Å². The molecule has 0 saturated carbocycles. The molecule has 0 fully saturated rings. The molecule has 0 amide bonds. The van der Waals surface area contributed by atoms with Crippen LogP contribution in [-0.2, 0) is 6.42 Å². The highest BCUT2D eigenvalue weighted by atomic mass is 16.5. The third kappa shape index (κ3) is 3.80. The number of rotatable bonds is 5. The Hall–Kier alpha value is -1.22. The van der Waals surface area contributed by atoms with Crippen LogP contribution in [0.3, 0.4) is 0 Å². The van der Waals surface area contributed by atoms with Gasteiger partial charge in [0.05, 0.1) is 7.11 Å². The van der Waals surface area contributed by atoms with Gasteiger partial charge in [-0.2, -0.15) is 0 Å². The second-order valence-corrected chi connectivity index (χ2v) is 3.98. The van der Waals surface area contributed by atoms with Crippen LogP contribution in [0.1, 0.15) is 12.0 Å². The van der Waals surface area contributed by atoms with E-state index in [2.05, 4.69) is 19.0 Å². The lowest BCUT2D eigenvalue weighted by molar-refractivity contribution is 0.391. The normalized spacial score (nSPS) is 10.7. The number of hydrogen-bond donors (Lipinski definition) is 1. The molecular weight excluding hydrogens is 188 g/mol. The Labute approximate surface area is 91.8 Å². The van der Waals surface area contributed by atoms with Crippen LogP contribution in [0.2, 0.25) is 0 Å². The summed E-state index contributed by atoms with van der Waals surface area (Å²) >= 11 is 0. The molecule has 1 rings (SSSR count). The average Bonchev–Trinajstić information content (AvgIpc) is 2.17. The highest BCUT2D eigenvalue weighted by Gasteiger charge is 2.03. The maximum absolute atomic E-state index is 5.75. The standard InChI is InChI=1S/C12H20N2O/c1-14(2)8-4-5-10-9-11(13)6-7-12(10)15-3/h6-7,9H,4-5,8,13H2,1-3H3. The van der Waals surface area contributed by atoms with Gasteiger partial charge >= 0.3 is 0 Å². The first-order chi connectivity index (χ1) is 7.13. The zero-order valence-electron chi connectivity index (χ0n) is 9.79. The molecule has 1 aromatic rings. The fourth-order valence-corrected chi connectivity index (χ4v) is 1.58. The Bertz CT molecular complexity index is 310. The first-order valence-electron chi connectivity index (χ1n) is 5.20. The van der Waals surface area contributed by atoms with Gasteiger partial charge in [0.25, 0.3) is 0 Å². The summed E-state index contributed by atoms with van der Waals surface area (Å²) in [6.45, 7) is 1.08. The maximum atomic E-state index is 5.75. The third-order valence-corrected chi connectivity index (χ3v) is 2.36. The lowest BCUT2D eigenvalue weighted by Crippen LogP contribution is -2.13. The summed E-state index contributed by atoms with van der Waals surface area (Å²) in [7, 11) is 5.86. The van der Waals surface area contributed by atoms with Crippen LogP contribution < -0.4 is 10.5 Å². The zero-order chi connectivity index (χ0) is 11.3. The van der Waals surface area contributed by atoms with E-state index in [1.54, 1.807) is 7.11 Å². The Morgan fingerprint density at radius 3 is 2.67 bits per heavy atom. The molecule has 0 spiro atoms. The summed E-state index contributed by atoms with van der Waals surface area (Å²) in [4.78, 5) is 2.18. The smallest absolute Gasteiger partial charge is 0.122 e. The molecule has 0 atom stereocenters. The minimum Gasteiger partial charge on any atom is -0.496 e. The quantitative estimate of drug-likeness (QED) is 0.749. The van der Waals surface area contributed by atoms with Gasteiger partial charge in [-0.05, 0) is 57.2 Å². The molecule has 0 unspecified atom stereocenters. The van der Waals surface area contributed by atoms with E-state index in [0.717, 1.165) is 30.8 Å². The number of ether oxygens (including phenoxy) is 1. The summed E-state index contributed by atoms with van der Waals surface area (Å²) in [5.74, 6) is 0.933. The van der Waals surface area contributed by atoms with E-state index in [0.29, 0.717) is 0 Å². The summed E-state index contributed by atoms with van der Waals surface area (Å²) in [5.41, 5.74) is 7.74. The number of benzene rings is 1. The molecule has 0 aliphatic rings. The molecule has 1 aromatic carbocycles. The fourth-order valence-electron chi connectivity index (χ4n) is 1.58. The van der Waals surface area contributed by atoms with Crippen LogP contribution in [0.5, 0.6) is 5.75 Å². The SMILES string of the molecule is COc1ccc(N)cc1CCCN(C)C. The van der Waals surface area contributed by atoms with E-state index >= 15 is 0 Å². The molecule has 0 saturated heterocycles. The Balaban J connectivity index is 2.62. The van der Waals surface area contributed by atoms with Crippen LogP contribution in [0.15, 0.2) is 18.2 Å². The monoisotopic (exact) mass is 208 g/mol. The van der Waals surface area contributed by atoms with Gasteiger partial charge < -0.3 is 15.4 Å². The molecule has 0 aromatic heterocycles. The van der Waals surface area contributed by atoms with Gasteiger partial charge in [-0.25, -0.2) is 0 Å². The predicted octanol–water partition coefficient (Wildman–Crippen LogP) is 1.77. The molecule has 0 aliphatic heterocycles. The second kappa shape index (κ2) is 5.61. The minimum atomic E-state index is 0.802.